The monoisotopic (exact) mass is 270 g/mol. The highest BCUT2D eigenvalue weighted by Gasteiger charge is 2.24. The molecule has 3 rings (SSSR count). The zero-order valence-corrected chi connectivity index (χ0v) is 11.5. The summed E-state index contributed by atoms with van der Waals surface area (Å²) in [5, 5.41) is 9.28. The molecule has 0 unspecified atom stereocenters. The number of carbonyl (C=O) groups is 1. The van der Waals surface area contributed by atoms with E-state index in [9.17, 15) is 9.90 Å². The molecule has 4 heteroatoms. The molecule has 1 aliphatic rings. The molecule has 0 atom stereocenters. The number of carboxylic acid groups (broad SMARTS) is 1. The van der Waals surface area contributed by atoms with Crippen molar-refractivity contribution in [3.63, 3.8) is 0 Å². The lowest BCUT2D eigenvalue weighted by molar-refractivity contribution is 0.0684. The molecule has 2 heterocycles. The fraction of sp³-hybridized carbons (Fsp3) is 0.312. The lowest BCUT2D eigenvalue weighted by Gasteiger charge is -2.27. The molecule has 1 aliphatic heterocycles. The average Bonchev–Trinajstić information content (AvgIpc) is 2.75. The van der Waals surface area contributed by atoms with Gasteiger partial charge in [-0.3, -0.25) is 4.90 Å². The highest BCUT2D eigenvalue weighted by Crippen LogP contribution is 2.25. The number of fused-ring (bicyclic) bond motifs is 1. The van der Waals surface area contributed by atoms with Crippen LogP contribution in [0.1, 0.15) is 27.2 Å². The Kier molecular flexibility index (Phi) is 3.32. The maximum absolute atomic E-state index is 11.3. The van der Waals surface area contributed by atoms with E-state index in [1.54, 1.807) is 4.57 Å². The van der Waals surface area contributed by atoms with Gasteiger partial charge in [-0.2, -0.15) is 0 Å². The zero-order chi connectivity index (χ0) is 14.1. The zero-order valence-electron chi connectivity index (χ0n) is 11.5. The van der Waals surface area contributed by atoms with Crippen LogP contribution in [0.3, 0.4) is 0 Å². The van der Waals surface area contributed by atoms with Crippen LogP contribution in [0, 0.1) is 0 Å². The van der Waals surface area contributed by atoms with E-state index in [1.165, 1.54) is 5.56 Å². The van der Waals surface area contributed by atoms with Gasteiger partial charge in [0.15, 0.2) is 0 Å². The lowest BCUT2D eigenvalue weighted by Crippen LogP contribution is -2.30. The predicted molar refractivity (Wildman–Crippen MR) is 76.6 cm³/mol. The van der Waals surface area contributed by atoms with E-state index in [-0.39, 0.29) is 0 Å². The van der Waals surface area contributed by atoms with Crippen LogP contribution in [0.5, 0.6) is 0 Å². The second kappa shape index (κ2) is 5.13. The van der Waals surface area contributed by atoms with Crippen molar-refractivity contribution in [1.82, 2.24) is 9.47 Å². The first-order valence-corrected chi connectivity index (χ1v) is 6.82. The molecular weight excluding hydrogens is 252 g/mol. The standard InChI is InChI=1S/C16H18N2O2/c1-17-10-13-11-18(9-12-5-3-2-4-6-12)8-7-14(13)15(17)16(19)20/h2-6,10H,7-9,11H2,1H3,(H,19,20). The van der Waals surface area contributed by atoms with Crippen LogP contribution in [-0.2, 0) is 26.6 Å². The van der Waals surface area contributed by atoms with Crippen molar-refractivity contribution in [3.8, 4) is 0 Å². The number of aromatic carboxylic acids is 1. The first-order chi connectivity index (χ1) is 9.65. The molecular formula is C16H18N2O2. The third-order valence-corrected chi connectivity index (χ3v) is 3.90. The molecule has 0 aliphatic carbocycles. The SMILES string of the molecule is Cn1cc2c(c1C(=O)O)CCN(Cc1ccccc1)C2. The van der Waals surface area contributed by atoms with E-state index in [4.69, 9.17) is 0 Å². The van der Waals surface area contributed by atoms with Gasteiger partial charge in [0.1, 0.15) is 5.69 Å². The molecule has 0 spiro atoms. The second-order valence-corrected chi connectivity index (χ2v) is 5.34. The summed E-state index contributed by atoms with van der Waals surface area (Å²) in [6, 6.07) is 10.4. The van der Waals surface area contributed by atoms with Crippen molar-refractivity contribution in [2.24, 2.45) is 7.05 Å². The molecule has 0 amide bonds. The highest BCUT2D eigenvalue weighted by atomic mass is 16.4. The topological polar surface area (TPSA) is 45.5 Å². The van der Waals surface area contributed by atoms with Crippen molar-refractivity contribution < 1.29 is 9.90 Å². The fourth-order valence-corrected chi connectivity index (χ4v) is 3.00. The smallest absolute Gasteiger partial charge is 0.352 e. The number of carboxylic acids is 1. The van der Waals surface area contributed by atoms with Crippen molar-refractivity contribution in [1.29, 1.82) is 0 Å². The minimum atomic E-state index is -0.828. The van der Waals surface area contributed by atoms with Gasteiger partial charge < -0.3 is 9.67 Å². The number of rotatable bonds is 3. The van der Waals surface area contributed by atoms with Crippen LogP contribution in [0.15, 0.2) is 36.5 Å². The average molecular weight is 270 g/mol. The first kappa shape index (κ1) is 12.9. The number of nitrogens with zero attached hydrogens (tertiary/aromatic N) is 2. The minimum absolute atomic E-state index is 0.444. The summed E-state index contributed by atoms with van der Waals surface area (Å²) in [5.41, 5.74) is 3.89. The lowest BCUT2D eigenvalue weighted by atomic mass is 10.0. The van der Waals surface area contributed by atoms with Crippen molar-refractivity contribution in [3.05, 3.63) is 58.9 Å². The van der Waals surface area contributed by atoms with E-state index in [0.717, 1.165) is 37.2 Å². The second-order valence-electron chi connectivity index (χ2n) is 5.34. The van der Waals surface area contributed by atoms with Crippen molar-refractivity contribution in [2.75, 3.05) is 6.54 Å². The molecule has 0 saturated heterocycles. The largest absolute Gasteiger partial charge is 0.477 e. The summed E-state index contributed by atoms with van der Waals surface area (Å²) in [5.74, 6) is -0.828. The van der Waals surface area contributed by atoms with Crippen LogP contribution in [-0.4, -0.2) is 27.1 Å². The highest BCUT2D eigenvalue weighted by molar-refractivity contribution is 5.88. The van der Waals surface area contributed by atoms with Crippen LogP contribution < -0.4 is 0 Å². The molecule has 2 aromatic rings. The normalized spacial score (nSPS) is 15.1. The fourth-order valence-electron chi connectivity index (χ4n) is 3.00. The molecule has 1 aromatic heterocycles. The Morgan fingerprint density at radius 2 is 2.05 bits per heavy atom. The molecule has 104 valence electrons. The summed E-state index contributed by atoms with van der Waals surface area (Å²) in [6.45, 7) is 2.65. The minimum Gasteiger partial charge on any atom is -0.477 e. The maximum atomic E-state index is 11.3. The van der Waals surface area contributed by atoms with Gasteiger partial charge in [-0.25, -0.2) is 4.79 Å². The maximum Gasteiger partial charge on any atom is 0.352 e. The Bertz CT molecular complexity index is 631. The molecule has 0 radical (unpaired) electrons. The van der Waals surface area contributed by atoms with Gasteiger partial charge in [-0.05, 0) is 23.1 Å². The summed E-state index contributed by atoms with van der Waals surface area (Å²) >= 11 is 0. The van der Waals surface area contributed by atoms with Gasteiger partial charge >= 0.3 is 5.97 Å². The van der Waals surface area contributed by atoms with Gasteiger partial charge in [0, 0.05) is 32.9 Å². The van der Waals surface area contributed by atoms with E-state index < -0.39 is 5.97 Å². The van der Waals surface area contributed by atoms with Crippen LogP contribution in [0.4, 0.5) is 0 Å². The number of aryl methyl sites for hydroxylation is 1. The Hall–Kier alpha value is -2.07. The van der Waals surface area contributed by atoms with Gasteiger partial charge in [-0.15, -0.1) is 0 Å². The third kappa shape index (κ3) is 2.34. The molecule has 20 heavy (non-hydrogen) atoms. The number of benzene rings is 1. The van der Waals surface area contributed by atoms with E-state index in [0.29, 0.717) is 5.69 Å². The Labute approximate surface area is 118 Å². The van der Waals surface area contributed by atoms with E-state index >= 15 is 0 Å². The van der Waals surface area contributed by atoms with Gasteiger partial charge in [0.25, 0.3) is 0 Å². The molecule has 1 aromatic carbocycles. The van der Waals surface area contributed by atoms with Crippen molar-refractivity contribution >= 4 is 5.97 Å². The third-order valence-electron chi connectivity index (χ3n) is 3.90. The van der Waals surface area contributed by atoms with Crippen LogP contribution >= 0.6 is 0 Å². The van der Waals surface area contributed by atoms with Gasteiger partial charge in [0.05, 0.1) is 0 Å². The number of hydrogen-bond donors (Lipinski definition) is 1. The molecule has 1 N–H and O–H groups in total. The molecule has 4 nitrogen and oxygen atoms in total. The summed E-state index contributed by atoms with van der Waals surface area (Å²) in [4.78, 5) is 13.7. The quantitative estimate of drug-likeness (QED) is 0.930. The van der Waals surface area contributed by atoms with Crippen LogP contribution in [0.25, 0.3) is 0 Å². The van der Waals surface area contributed by atoms with Gasteiger partial charge in [-0.1, -0.05) is 30.3 Å². The Morgan fingerprint density at radius 1 is 1.30 bits per heavy atom. The predicted octanol–water partition coefficient (Wildman–Crippen LogP) is 2.28. The Morgan fingerprint density at radius 3 is 2.75 bits per heavy atom. The molecule has 0 bridgehead atoms. The number of hydrogen-bond acceptors (Lipinski definition) is 2. The summed E-state index contributed by atoms with van der Waals surface area (Å²) in [6.07, 6.45) is 2.76. The molecule has 0 fully saturated rings. The van der Waals surface area contributed by atoms with Crippen LogP contribution in [0.2, 0.25) is 0 Å². The van der Waals surface area contributed by atoms with E-state index in [2.05, 4.69) is 29.2 Å². The van der Waals surface area contributed by atoms with E-state index in [1.807, 2.05) is 19.3 Å². The van der Waals surface area contributed by atoms with Gasteiger partial charge in [0.2, 0.25) is 0 Å². The summed E-state index contributed by atoms with van der Waals surface area (Å²) < 4.78 is 1.74. The number of aromatic nitrogens is 1. The Balaban J connectivity index is 1.79. The van der Waals surface area contributed by atoms with Crippen molar-refractivity contribution in [2.45, 2.75) is 19.5 Å². The first-order valence-electron chi connectivity index (χ1n) is 6.82. The summed E-state index contributed by atoms with van der Waals surface area (Å²) in [7, 11) is 1.81. The molecule has 0 saturated carbocycles.